The summed E-state index contributed by atoms with van der Waals surface area (Å²) in [6.45, 7) is 4.40. The van der Waals surface area contributed by atoms with Gasteiger partial charge in [0.15, 0.2) is 0 Å². The van der Waals surface area contributed by atoms with Gasteiger partial charge >= 0.3 is 6.18 Å². The predicted octanol–water partition coefficient (Wildman–Crippen LogP) is 3.38. The summed E-state index contributed by atoms with van der Waals surface area (Å²) >= 11 is 1.09. The van der Waals surface area contributed by atoms with Crippen LogP contribution < -0.4 is 10.1 Å². The Hall–Kier alpha value is -2.59. The van der Waals surface area contributed by atoms with Gasteiger partial charge in [0.2, 0.25) is 0 Å². The molecule has 0 amide bonds. The second kappa shape index (κ2) is 8.08. The van der Waals surface area contributed by atoms with Crippen molar-refractivity contribution in [2.75, 3.05) is 31.1 Å². The van der Waals surface area contributed by atoms with Crippen molar-refractivity contribution in [3.8, 4) is 0 Å². The van der Waals surface area contributed by atoms with E-state index >= 15 is 0 Å². The summed E-state index contributed by atoms with van der Waals surface area (Å²) in [7, 11) is 0. The van der Waals surface area contributed by atoms with Gasteiger partial charge in [-0.15, -0.1) is 11.3 Å². The molecule has 10 heteroatoms. The van der Waals surface area contributed by atoms with Crippen LogP contribution in [0, 0.1) is 10.3 Å². The Labute approximate surface area is 187 Å². The Balaban J connectivity index is 1.30. The monoisotopic (exact) mass is 462 g/mol. The van der Waals surface area contributed by atoms with Gasteiger partial charge < -0.3 is 4.90 Å². The van der Waals surface area contributed by atoms with Crippen molar-refractivity contribution in [1.29, 1.82) is 0 Å². The standard InChI is InChI=1S/C22H22F3N5OS/c23-22(24,25)10-17-9-18-19(26-14-27-20(18)32-17)30-7-5-21(13-30)4-6-29(12-21)11-15-2-1-3-16(8-15)28-31/h1-3,8-9,14H,4-7,10-13H2/p+1. The predicted molar refractivity (Wildman–Crippen MR) is 117 cm³/mol. The molecule has 2 fully saturated rings. The maximum atomic E-state index is 12.8. The lowest BCUT2D eigenvalue weighted by atomic mass is 9.86. The second-order valence-electron chi connectivity index (χ2n) is 8.86. The van der Waals surface area contributed by atoms with Crippen LogP contribution in [0.25, 0.3) is 10.2 Å². The molecule has 4 heterocycles. The highest BCUT2D eigenvalue weighted by Crippen LogP contribution is 2.43. The molecule has 168 valence electrons. The molecule has 32 heavy (non-hydrogen) atoms. The minimum Gasteiger partial charge on any atom is -0.355 e. The number of halogens is 3. The fourth-order valence-electron chi connectivity index (χ4n) is 5.03. The zero-order valence-electron chi connectivity index (χ0n) is 17.4. The zero-order chi connectivity index (χ0) is 22.3. The van der Waals surface area contributed by atoms with Gasteiger partial charge in [0.05, 0.1) is 11.8 Å². The number of rotatable bonds is 5. The second-order valence-corrected chi connectivity index (χ2v) is 9.97. The first kappa shape index (κ1) is 21.3. The van der Waals surface area contributed by atoms with E-state index in [0.717, 1.165) is 68.3 Å². The Morgan fingerprint density at radius 3 is 2.78 bits per heavy atom. The van der Waals surface area contributed by atoms with Gasteiger partial charge in [-0.05, 0) is 31.0 Å². The average Bonchev–Trinajstić information content (AvgIpc) is 3.45. The van der Waals surface area contributed by atoms with Crippen molar-refractivity contribution in [1.82, 2.24) is 14.9 Å². The number of nitroso groups, excluding NO2 is 1. The molecule has 5 rings (SSSR count). The molecule has 0 aliphatic carbocycles. The molecule has 0 radical (unpaired) electrons. The zero-order valence-corrected chi connectivity index (χ0v) is 18.2. The number of nitrogens with one attached hydrogen (secondary N) is 1. The topological polar surface area (TPSA) is 63.3 Å². The van der Waals surface area contributed by atoms with Crippen molar-refractivity contribution in [3.05, 3.63) is 52.0 Å². The number of aromatic nitrogens is 2. The molecule has 2 aromatic heterocycles. The van der Waals surface area contributed by atoms with Crippen LogP contribution in [0.1, 0.15) is 23.3 Å². The fourth-order valence-corrected chi connectivity index (χ4v) is 6.05. The highest BCUT2D eigenvalue weighted by atomic mass is 32.1. The van der Waals surface area contributed by atoms with Crippen molar-refractivity contribution < 1.29 is 18.3 Å². The maximum Gasteiger partial charge on any atom is 0.393 e. The van der Waals surface area contributed by atoms with Crippen LogP contribution in [0.4, 0.5) is 24.7 Å². The third-order valence-corrected chi connectivity index (χ3v) is 7.48. The van der Waals surface area contributed by atoms with Gasteiger partial charge in [-0.25, -0.2) is 9.97 Å². The van der Waals surface area contributed by atoms with Crippen LogP contribution in [0.5, 0.6) is 0 Å². The molecule has 0 saturated carbocycles. The van der Waals surface area contributed by atoms with Gasteiger partial charge in [-0.2, -0.15) is 13.2 Å². The molecule has 1 atom stereocenters. The number of likely N-dealkylation sites (tertiary alicyclic amines) is 1. The molecule has 2 aliphatic rings. The van der Waals surface area contributed by atoms with Crippen molar-refractivity contribution in [2.45, 2.75) is 32.0 Å². The number of hydrogen-bond donors (Lipinski definition) is 1. The maximum absolute atomic E-state index is 12.8. The van der Waals surface area contributed by atoms with Gasteiger partial charge in [0.1, 0.15) is 17.0 Å². The van der Waals surface area contributed by atoms with Gasteiger partial charge in [-0.1, -0.05) is 12.1 Å². The van der Waals surface area contributed by atoms with E-state index in [9.17, 15) is 18.1 Å². The number of nitrogens with zero attached hydrogens (tertiary/aromatic N) is 4. The quantitative estimate of drug-likeness (QED) is 0.630. The minimum absolute atomic E-state index is 0.149. The summed E-state index contributed by atoms with van der Waals surface area (Å²) in [6, 6.07) is 9.15. The molecule has 1 N–H and O–H groups in total. The summed E-state index contributed by atoms with van der Waals surface area (Å²) in [5.41, 5.74) is 1.82. The molecule has 1 unspecified atom stereocenters. The highest BCUT2D eigenvalue weighted by Gasteiger charge is 2.44. The molecular formula is C22H23F3N5OS+. The van der Waals surface area contributed by atoms with E-state index in [1.54, 1.807) is 12.1 Å². The molecule has 1 aromatic carbocycles. The summed E-state index contributed by atoms with van der Waals surface area (Å²) < 4.78 is 38.5. The molecular weight excluding hydrogens is 439 g/mol. The first-order valence-corrected chi connectivity index (χ1v) is 11.4. The van der Waals surface area contributed by atoms with Gasteiger partial charge in [0, 0.05) is 58.7 Å². The summed E-state index contributed by atoms with van der Waals surface area (Å²) in [5, 5.41) is 2.66. The van der Waals surface area contributed by atoms with Crippen molar-refractivity contribution in [2.24, 2.45) is 5.41 Å². The van der Waals surface area contributed by atoms with Crippen LogP contribution in [0.15, 0.2) is 36.7 Å². The highest BCUT2D eigenvalue weighted by molar-refractivity contribution is 7.18. The number of fused-ring (bicyclic) bond motifs is 1. The van der Waals surface area contributed by atoms with E-state index in [0.29, 0.717) is 15.9 Å². The van der Waals surface area contributed by atoms with E-state index in [2.05, 4.69) is 19.8 Å². The Morgan fingerprint density at radius 1 is 1.12 bits per heavy atom. The number of anilines is 1. The van der Waals surface area contributed by atoms with E-state index in [4.69, 9.17) is 0 Å². The van der Waals surface area contributed by atoms with Gasteiger partial charge in [-0.3, -0.25) is 4.90 Å². The largest absolute Gasteiger partial charge is 0.393 e. The minimum atomic E-state index is -4.23. The molecule has 2 aliphatic heterocycles. The van der Waals surface area contributed by atoms with Crippen LogP contribution in [0.3, 0.4) is 0 Å². The van der Waals surface area contributed by atoms with Crippen LogP contribution in [-0.4, -0.2) is 47.2 Å². The van der Waals surface area contributed by atoms with E-state index in [1.807, 2.05) is 23.4 Å². The lowest BCUT2D eigenvalue weighted by Gasteiger charge is -2.25. The number of thiophene rings is 1. The third kappa shape index (κ3) is 4.33. The van der Waals surface area contributed by atoms with E-state index in [1.165, 1.54) is 6.33 Å². The SMILES string of the molecule is O=[NH+]c1cccc(CN2CCC3(CCN(c4ncnc5sc(CC(F)(F)F)cc45)C3)C2)c1. The summed E-state index contributed by atoms with van der Waals surface area (Å²) in [5.74, 6) is 0.740. The van der Waals surface area contributed by atoms with Crippen LogP contribution in [0.2, 0.25) is 0 Å². The Bertz CT molecular complexity index is 1150. The normalized spacial score (nSPS) is 21.8. The first-order valence-electron chi connectivity index (χ1n) is 10.6. The molecule has 2 saturated heterocycles. The summed E-state index contributed by atoms with van der Waals surface area (Å²) in [4.78, 5) is 25.1. The lowest BCUT2D eigenvalue weighted by molar-refractivity contribution is -0.379. The first-order chi connectivity index (χ1) is 15.3. The molecule has 0 bridgehead atoms. The number of benzene rings is 1. The summed E-state index contributed by atoms with van der Waals surface area (Å²) in [6.07, 6.45) is -1.62. The molecule has 6 nitrogen and oxygen atoms in total. The average molecular weight is 463 g/mol. The van der Waals surface area contributed by atoms with Gasteiger partial charge in [0.25, 0.3) is 5.69 Å². The van der Waals surface area contributed by atoms with E-state index in [-0.39, 0.29) is 10.3 Å². The molecule has 3 aromatic rings. The Kier molecular flexibility index (Phi) is 5.37. The molecule has 1 spiro atoms. The van der Waals surface area contributed by atoms with Crippen LogP contribution in [-0.2, 0) is 13.0 Å². The van der Waals surface area contributed by atoms with E-state index < -0.39 is 12.6 Å². The third-order valence-electron chi connectivity index (χ3n) is 6.44. The van der Waals surface area contributed by atoms with Crippen LogP contribution >= 0.6 is 11.3 Å². The lowest BCUT2D eigenvalue weighted by Crippen LogP contribution is -2.55. The van der Waals surface area contributed by atoms with Crippen molar-refractivity contribution in [3.63, 3.8) is 0 Å². The fraction of sp³-hybridized carbons (Fsp3) is 0.455. The number of alkyl halides is 3. The van der Waals surface area contributed by atoms with Crippen molar-refractivity contribution >= 4 is 33.1 Å². The Morgan fingerprint density at radius 2 is 1.97 bits per heavy atom. The number of hydrogen-bond acceptors (Lipinski definition) is 6. The smallest absolute Gasteiger partial charge is 0.355 e.